The number of halogens is 1. The highest BCUT2D eigenvalue weighted by molar-refractivity contribution is 6.34. The molecule has 0 aliphatic carbocycles. The third-order valence-corrected chi connectivity index (χ3v) is 3.05. The molecule has 0 bridgehead atoms. The van der Waals surface area contributed by atoms with Gasteiger partial charge in [0, 0.05) is 18.3 Å². The lowest BCUT2D eigenvalue weighted by molar-refractivity contribution is 0.0916. The Morgan fingerprint density at radius 1 is 1.53 bits per heavy atom. The van der Waals surface area contributed by atoms with Crippen molar-refractivity contribution in [2.24, 2.45) is 5.92 Å². The first kappa shape index (κ1) is 13.8. The van der Waals surface area contributed by atoms with Crippen LogP contribution in [-0.4, -0.2) is 23.7 Å². The minimum absolute atomic E-state index is 0.00786. The fourth-order valence-corrected chi connectivity index (χ4v) is 1.58. The Morgan fingerprint density at radius 2 is 2.18 bits per heavy atom. The van der Waals surface area contributed by atoms with Gasteiger partial charge >= 0.3 is 0 Å². The number of hydrogen-bond donors (Lipinski definition) is 3. The van der Waals surface area contributed by atoms with E-state index in [9.17, 15) is 4.79 Å². The molecule has 0 saturated heterocycles. The molecule has 0 aromatic heterocycles. The van der Waals surface area contributed by atoms with E-state index in [1.165, 1.54) is 6.07 Å². The smallest absolute Gasteiger partial charge is 0.253 e. The maximum Gasteiger partial charge on any atom is 0.253 e. The SMILES string of the molecule is CC(CO)C(C)NC(=O)c1ccc(N)cc1Cl. The average molecular weight is 257 g/mol. The zero-order valence-corrected chi connectivity index (χ0v) is 10.7. The van der Waals surface area contributed by atoms with Crippen molar-refractivity contribution in [3.05, 3.63) is 28.8 Å². The third kappa shape index (κ3) is 3.61. The zero-order valence-electron chi connectivity index (χ0n) is 9.90. The lowest BCUT2D eigenvalue weighted by Gasteiger charge is -2.19. The molecule has 0 saturated carbocycles. The van der Waals surface area contributed by atoms with Gasteiger partial charge in [-0.25, -0.2) is 0 Å². The topological polar surface area (TPSA) is 75.3 Å². The highest BCUT2D eigenvalue weighted by Gasteiger charge is 2.16. The average Bonchev–Trinajstić information content (AvgIpc) is 2.27. The first-order chi connectivity index (χ1) is 7.95. The molecule has 0 spiro atoms. The number of carbonyl (C=O) groups excluding carboxylic acids is 1. The molecule has 2 atom stereocenters. The summed E-state index contributed by atoms with van der Waals surface area (Å²) in [5.74, 6) is -0.269. The number of hydrogen-bond acceptors (Lipinski definition) is 3. The molecule has 1 aromatic rings. The molecule has 1 rings (SSSR count). The minimum atomic E-state index is -0.261. The number of anilines is 1. The quantitative estimate of drug-likeness (QED) is 0.718. The molecule has 94 valence electrons. The number of aliphatic hydroxyl groups is 1. The second-order valence-electron chi connectivity index (χ2n) is 4.16. The van der Waals surface area contributed by atoms with Crippen LogP contribution in [0.25, 0.3) is 0 Å². The van der Waals surface area contributed by atoms with E-state index in [4.69, 9.17) is 22.4 Å². The molecule has 1 aromatic carbocycles. The predicted octanol–water partition coefficient (Wildman–Crippen LogP) is 1.67. The van der Waals surface area contributed by atoms with Gasteiger partial charge in [0.15, 0.2) is 0 Å². The van der Waals surface area contributed by atoms with Crippen molar-refractivity contribution in [1.29, 1.82) is 0 Å². The van der Waals surface area contributed by atoms with Gasteiger partial charge < -0.3 is 16.2 Å². The number of carbonyl (C=O) groups is 1. The van der Waals surface area contributed by atoms with E-state index in [2.05, 4.69) is 5.32 Å². The van der Waals surface area contributed by atoms with Gasteiger partial charge in [-0.15, -0.1) is 0 Å². The minimum Gasteiger partial charge on any atom is -0.399 e. The van der Waals surface area contributed by atoms with Crippen LogP contribution in [0.3, 0.4) is 0 Å². The standard InChI is InChI=1S/C12H17ClN2O2/c1-7(6-16)8(2)15-12(17)10-4-3-9(14)5-11(10)13/h3-5,7-8,16H,6,14H2,1-2H3,(H,15,17). The summed E-state index contributed by atoms with van der Waals surface area (Å²) in [6, 6.07) is 4.63. The van der Waals surface area contributed by atoms with E-state index in [-0.39, 0.29) is 24.5 Å². The fraction of sp³-hybridized carbons (Fsp3) is 0.417. The molecule has 0 fully saturated rings. The molecule has 1 amide bonds. The predicted molar refractivity (Wildman–Crippen MR) is 69.0 cm³/mol. The monoisotopic (exact) mass is 256 g/mol. The van der Waals surface area contributed by atoms with Gasteiger partial charge in [-0.1, -0.05) is 18.5 Å². The van der Waals surface area contributed by atoms with Crippen LogP contribution in [-0.2, 0) is 0 Å². The Hall–Kier alpha value is -1.26. The molecular formula is C12H17ClN2O2. The normalized spacial score (nSPS) is 14.1. The molecule has 0 aliphatic rings. The van der Waals surface area contributed by atoms with Gasteiger partial charge in [0.1, 0.15) is 0 Å². The molecule has 0 aliphatic heterocycles. The van der Waals surface area contributed by atoms with Crippen LogP contribution in [0.4, 0.5) is 5.69 Å². The molecular weight excluding hydrogens is 240 g/mol. The highest BCUT2D eigenvalue weighted by atomic mass is 35.5. The third-order valence-electron chi connectivity index (χ3n) is 2.74. The summed E-state index contributed by atoms with van der Waals surface area (Å²) in [5, 5.41) is 12.1. The Morgan fingerprint density at radius 3 is 2.71 bits per heavy atom. The zero-order chi connectivity index (χ0) is 13.0. The van der Waals surface area contributed by atoms with Crippen LogP contribution in [0.2, 0.25) is 5.02 Å². The summed E-state index contributed by atoms with van der Waals surface area (Å²) in [7, 11) is 0. The largest absolute Gasteiger partial charge is 0.399 e. The number of benzene rings is 1. The van der Waals surface area contributed by atoms with Crippen LogP contribution >= 0.6 is 11.6 Å². The van der Waals surface area contributed by atoms with E-state index in [0.717, 1.165) is 0 Å². The first-order valence-electron chi connectivity index (χ1n) is 5.42. The molecule has 4 nitrogen and oxygen atoms in total. The first-order valence-corrected chi connectivity index (χ1v) is 5.80. The van der Waals surface area contributed by atoms with Crippen molar-refractivity contribution >= 4 is 23.2 Å². The number of nitrogens with two attached hydrogens (primary N) is 1. The van der Waals surface area contributed by atoms with Crippen molar-refractivity contribution in [1.82, 2.24) is 5.32 Å². The Labute approximate surface area is 106 Å². The maximum absolute atomic E-state index is 11.9. The van der Waals surface area contributed by atoms with Gasteiger partial charge in [-0.3, -0.25) is 4.79 Å². The summed E-state index contributed by atoms with van der Waals surface area (Å²) in [5.41, 5.74) is 6.45. The number of aliphatic hydroxyl groups excluding tert-OH is 1. The second kappa shape index (κ2) is 5.89. The summed E-state index contributed by atoms with van der Waals surface area (Å²) < 4.78 is 0. The van der Waals surface area contributed by atoms with Gasteiger partial charge in [0.25, 0.3) is 5.91 Å². The Bertz CT molecular complexity index is 409. The summed E-state index contributed by atoms with van der Waals surface area (Å²) in [6.45, 7) is 3.72. The van der Waals surface area contributed by atoms with Crippen LogP contribution in [0, 0.1) is 5.92 Å². The fourth-order valence-electron chi connectivity index (χ4n) is 1.30. The molecule has 5 heteroatoms. The molecule has 2 unspecified atom stereocenters. The molecule has 4 N–H and O–H groups in total. The summed E-state index contributed by atoms with van der Waals surface area (Å²) in [6.07, 6.45) is 0. The lowest BCUT2D eigenvalue weighted by Crippen LogP contribution is -2.38. The number of rotatable bonds is 4. The Balaban J connectivity index is 2.76. The van der Waals surface area contributed by atoms with Crippen molar-refractivity contribution in [3.63, 3.8) is 0 Å². The van der Waals surface area contributed by atoms with Gasteiger partial charge in [-0.2, -0.15) is 0 Å². The van der Waals surface area contributed by atoms with Crippen molar-refractivity contribution in [2.75, 3.05) is 12.3 Å². The van der Waals surface area contributed by atoms with E-state index < -0.39 is 0 Å². The summed E-state index contributed by atoms with van der Waals surface area (Å²) in [4.78, 5) is 11.9. The highest BCUT2D eigenvalue weighted by Crippen LogP contribution is 2.19. The van der Waals surface area contributed by atoms with E-state index in [0.29, 0.717) is 16.3 Å². The van der Waals surface area contributed by atoms with Gasteiger partial charge in [-0.05, 0) is 31.0 Å². The number of nitrogen functional groups attached to an aromatic ring is 1. The maximum atomic E-state index is 11.9. The van der Waals surface area contributed by atoms with Crippen molar-refractivity contribution in [3.8, 4) is 0 Å². The van der Waals surface area contributed by atoms with Crippen molar-refractivity contribution < 1.29 is 9.90 Å². The summed E-state index contributed by atoms with van der Waals surface area (Å²) >= 11 is 5.93. The molecule has 17 heavy (non-hydrogen) atoms. The van der Waals surface area contributed by atoms with Crippen molar-refractivity contribution in [2.45, 2.75) is 19.9 Å². The van der Waals surface area contributed by atoms with Crippen LogP contribution in [0.1, 0.15) is 24.2 Å². The molecule has 0 heterocycles. The van der Waals surface area contributed by atoms with Crippen LogP contribution < -0.4 is 11.1 Å². The van der Waals surface area contributed by atoms with E-state index in [1.54, 1.807) is 12.1 Å². The van der Waals surface area contributed by atoms with E-state index in [1.807, 2.05) is 13.8 Å². The Kier molecular flexibility index (Phi) is 4.78. The van der Waals surface area contributed by atoms with Crippen LogP contribution in [0.5, 0.6) is 0 Å². The van der Waals surface area contributed by atoms with Crippen LogP contribution in [0.15, 0.2) is 18.2 Å². The number of amides is 1. The lowest BCUT2D eigenvalue weighted by atomic mass is 10.0. The van der Waals surface area contributed by atoms with Gasteiger partial charge in [0.05, 0.1) is 10.6 Å². The molecule has 0 radical (unpaired) electrons. The second-order valence-corrected chi connectivity index (χ2v) is 4.57. The van der Waals surface area contributed by atoms with Gasteiger partial charge in [0.2, 0.25) is 0 Å². The van der Waals surface area contributed by atoms with E-state index >= 15 is 0 Å². The number of nitrogens with one attached hydrogen (secondary N) is 1.